The van der Waals surface area contributed by atoms with E-state index in [4.69, 9.17) is 10.8 Å². The standard InChI is InChI=1S/C12H18N2O2/c1-8-3-5-10(6-4-8)11(13)12(16)14-9(2)7-15/h3-6,9,11,15H,7,13H2,1-2H3,(H,14,16). The van der Waals surface area contributed by atoms with Gasteiger partial charge in [0.05, 0.1) is 6.61 Å². The molecule has 4 N–H and O–H groups in total. The molecule has 0 heterocycles. The molecular weight excluding hydrogens is 204 g/mol. The molecule has 4 nitrogen and oxygen atoms in total. The molecule has 1 aromatic carbocycles. The van der Waals surface area contributed by atoms with E-state index in [9.17, 15) is 4.79 Å². The van der Waals surface area contributed by atoms with Gasteiger partial charge in [0.15, 0.2) is 0 Å². The first-order chi connectivity index (χ1) is 7.54. The van der Waals surface area contributed by atoms with Crippen LogP contribution in [-0.2, 0) is 4.79 Å². The first-order valence-electron chi connectivity index (χ1n) is 5.28. The summed E-state index contributed by atoms with van der Waals surface area (Å²) in [7, 11) is 0. The number of aliphatic hydroxyl groups is 1. The minimum atomic E-state index is -0.686. The molecule has 2 unspecified atom stereocenters. The maximum Gasteiger partial charge on any atom is 0.241 e. The van der Waals surface area contributed by atoms with Crippen molar-refractivity contribution in [3.05, 3.63) is 35.4 Å². The summed E-state index contributed by atoms with van der Waals surface area (Å²) < 4.78 is 0. The normalized spacial score (nSPS) is 14.2. The van der Waals surface area contributed by atoms with Gasteiger partial charge in [-0.15, -0.1) is 0 Å². The third kappa shape index (κ3) is 3.32. The van der Waals surface area contributed by atoms with Crippen LogP contribution in [0.1, 0.15) is 24.1 Å². The Kier molecular flexibility index (Phi) is 4.46. The van der Waals surface area contributed by atoms with Gasteiger partial charge < -0.3 is 16.2 Å². The highest BCUT2D eigenvalue weighted by Gasteiger charge is 2.16. The van der Waals surface area contributed by atoms with Crippen LogP contribution in [0, 0.1) is 6.92 Å². The van der Waals surface area contributed by atoms with Crippen LogP contribution < -0.4 is 11.1 Å². The van der Waals surface area contributed by atoms with Gasteiger partial charge in [0.25, 0.3) is 0 Å². The molecule has 0 bridgehead atoms. The summed E-state index contributed by atoms with van der Waals surface area (Å²) in [6.07, 6.45) is 0. The number of carbonyl (C=O) groups is 1. The SMILES string of the molecule is Cc1ccc(C(N)C(=O)NC(C)CO)cc1. The number of benzene rings is 1. The van der Waals surface area contributed by atoms with Crippen LogP contribution in [0.4, 0.5) is 0 Å². The smallest absolute Gasteiger partial charge is 0.241 e. The summed E-state index contributed by atoms with van der Waals surface area (Å²) >= 11 is 0. The van der Waals surface area contributed by atoms with Crippen LogP contribution in [0.25, 0.3) is 0 Å². The van der Waals surface area contributed by atoms with E-state index in [2.05, 4.69) is 5.32 Å². The Bertz CT molecular complexity index is 349. The molecule has 1 rings (SSSR count). The molecule has 2 atom stereocenters. The van der Waals surface area contributed by atoms with Gasteiger partial charge >= 0.3 is 0 Å². The number of nitrogens with one attached hydrogen (secondary N) is 1. The molecule has 0 aliphatic heterocycles. The summed E-state index contributed by atoms with van der Waals surface area (Å²) in [6, 6.07) is 6.54. The van der Waals surface area contributed by atoms with Crippen molar-refractivity contribution >= 4 is 5.91 Å². The predicted octanol–water partition coefficient (Wildman–Crippen LogP) is 0.492. The van der Waals surface area contributed by atoms with Crippen molar-refractivity contribution in [3.8, 4) is 0 Å². The highest BCUT2D eigenvalue weighted by Crippen LogP contribution is 2.11. The zero-order chi connectivity index (χ0) is 12.1. The van der Waals surface area contributed by atoms with Gasteiger partial charge in [-0.3, -0.25) is 4.79 Å². The van der Waals surface area contributed by atoms with E-state index < -0.39 is 6.04 Å². The largest absolute Gasteiger partial charge is 0.394 e. The first-order valence-corrected chi connectivity index (χ1v) is 5.28. The quantitative estimate of drug-likeness (QED) is 0.694. The third-order valence-electron chi connectivity index (χ3n) is 2.38. The fourth-order valence-corrected chi connectivity index (χ4v) is 1.30. The van der Waals surface area contributed by atoms with E-state index >= 15 is 0 Å². The lowest BCUT2D eigenvalue weighted by molar-refractivity contribution is -0.123. The molecule has 1 amide bonds. The summed E-state index contributed by atoms with van der Waals surface area (Å²) in [4.78, 5) is 11.7. The highest BCUT2D eigenvalue weighted by molar-refractivity contribution is 5.83. The molecule has 1 aromatic rings. The molecule has 0 saturated carbocycles. The fourth-order valence-electron chi connectivity index (χ4n) is 1.30. The summed E-state index contributed by atoms with van der Waals surface area (Å²) in [6.45, 7) is 3.61. The van der Waals surface area contributed by atoms with Gasteiger partial charge in [-0.1, -0.05) is 29.8 Å². The number of hydrogen-bond donors (Lipinski definition) is 3. The van der Waals surface area contributed by atoms with Gasteiger partial charge in [-0.05, 0) is 19.4 Å². The van der Waals surface area contributed by atoms with Crippen LogP contribution in [0.5, 0.6) is 0 Å². The molecule has 4 heteroatoms. The number of rotatable bonds is 4. The van der Waals surface area contributed by atoms with Crippen LogP contribution >= 0.6 is 0 Å². The summed E-state index contributed by atoms with van der Waals surface area (Å²) in [5, 5.41) is 11.4. The molecule has 0 saturated heterocycles. The fraction of sp³-hybridized carbons (Fsp3) is 0.417. The number of nitrogens with two attached hydrogens (primary N) is 1. The molecule has 0 aromatic heterocycles. The Morgan fingerprint density at radius 2 is 2.00 bits per heavy atom. The van der Waals surface area contributed by atoms with Crippen molar-refractivity contribution in [2.75, 3.05) is 6.61 Å². The van der Waals surface area contributed by atoms with Crippen LogP contribution in [-0.4, -0.2) is 23.7 Å². The Labute approximate surface area is 95.5 Å². The van der Waals surface area contributed by atoms with Crippen LogP contribution in [0.3, 0.4) is 0 Å². The number of amides is 1. The van der Waals surface area contributed by atoms with Crippen molar-refractivity contribution in [2.45, 2.75) is 25.9 Å². The monoisotopic (exact) mass is 222 g/mol. The van der Waals surface area contributed by atoms with Crippen molar-refractivity contribution in [1.29, 1.82) is 0 Å². The molecule has 88 valence electrons. The second-order valence-corrected chi connectivity index (χ2v) is 3.98. The average Bonchev–Trinajstić information content (AvgIpc) is 2.28. The minimum absolute atomic E-state index is 0.0909. The van der Waals surface area contributed by atoms with E-state index in [-0.39, 0.29) is 18.6 Å². The van der Waals surface area contributed by atoms with Gasteiger partial charge in [0, 0.05) is 6.04 Å². The van der Waals surface area contributed by atoms with E-state index in [1.54, 1.807) is 6.92 Å². The van der Waals surface area contributed by atoms with Gasteiger partial charge in [0.1, 0.15) is 6.04 Å². The van der Waals surface area contributed by atoms with Gasteiger partial charge in [-0.2, -0.15) is 0 Å². The highest BCUT2D eigenvalue weighted by atomic mass is 16.3. The second-order valence-electron chi connectivity index (χ2n) is 3.98. The van der Waals surface area contributed by atoms with E-state index in [1.165, 1.54) is 0 Å². The van der Waals surface area contributed by atoms with Gasteiger partial charge in [0.2, 0.25) is 5.91 Å². The molecule has 0 spiro atoms. The molecule has 0 aliphatic carbocycles. The maximum atomic E-state index is 11.7. The lowest BCUT2D eigenvalue weighted by Gasteiger charge is -2.16. The molecule has 0 aliphatic rings. The lowest BCUT2D eigenvalue weighted by Crippen LogP contribution is -2.41. The number of aliphatic hydroxyl groups excluding tert-OH is 1. The number of aryl methyl sites for hydroxylation is 1. The van der Waals surface area contributed by atoms with Gasteiger partial charge in [-0.25, -0.2) is 0 Å². The Morgan fingerprint density at radius 1 is 1.44 bits per heavy atom. The van der Waals surface area contributed by atoms with Crippen molar-refractivity contribution in [3.63, 3.8) is 0 Å². The lowest BCUT2D eigenvalue weighted by atomic mass is 10.1. The summed E-state index contributed by atoms with van der Waals surface area (Å²) in [5.41, 5.74) is 7.69. The van der Waals surface area contributed by atoms with Crippen LogP contribution in [0.2, 0.25) is 0 Å². The molecule has 16 heavy (non-hydrogen) atoms. The van der Waals surface area contributed by atoms with E-state index in [1.807, 2.05) is 31.2 Å². The average molecular weight is 222 g/mol. The van der Waals surface area contributed by atoms with Crippen molar-refractivity contribution < 1.29 is 9.90 Å². The van der Waals surface area contributed by atoms with E-state index in [0.717, 1.165) is 11.1 Å². The van der Waals surface area contributed by atoms with E-state index in [0.29, 0.717) is 0 Å². The second kappa shape index (κ2) is 5.63. The van der Waals surface area contributed by atoms with Crippen molar-refractivity contribution in [1.82, 2.24) is 5.32 Å². The molecule has 0 fully saturated rings. The Balaban J connectivity index is 2.66. The zero-order valence-electron chi connectivity index (χ0n) is 9.60. The first kappa shape index (κ1) is 12.7. The minimum Gasteiger partial charge on any atom is -0.394 e. The molecular formula is C12H18N2O2. The van der Waals surface area contributed by atoms with Crippen LogP contribution in [0.15, 0.2) is 24.3 Å². The van der Waals surface area contributed by atoms with Crippen molar-refractivity contribution in [2.24, 2.45) is 5.73 Å². The maximum absolute atomic E-state index is 11.7. The predicted molar refractivity (Wildman–Crippen MR) is 62.8 cm³/mol. The Hall–Kier alpha value is -1.39. The molecule has 0 radical (unpaired) electrons. The zero-order valence-corrected chi connectivity index (χ0v) is 9.60. The number of hydrogen-bond acceptors (Lipinski definition) is 3. The topological polar surface area (TPSA) is 75.4 Å². The third-order valence-corrected chi connectivity index (χ3v) is 2.38. The Morgan fingerprint density at radius 3 is 2.50 bits per heavy atom. The number of carbonyl (C=O) groups excluding carboxylic acids is 1. The summed E-state index contributed by atoms with van der Waals surface area (Å²) in [5.74, 6) is -0.273.